The zero-order chi connectivity index (χ0) is 13.2. The summed E-state index contributed by atoms with van der Waals surface area (Å²) in [5, 5.41) is 4.03. The van der Waals surface area contributed by atoms with E-state index in [0.29, 0.717) is 0 Å². The Labute approximate surface area is 116 Å². The third kappa shape index (κ3) is 2.71. The summed E-state index contributed by atoms with van der Waals surface area (Å²) in [7, 11) is 0. The van der Waals surface area contributed by atoms with Crippen molar-refractivity contribution in [2.75, 3.05) is 5.32 Å². The summed E-state index contributed by atoms with van der Waals surface area (Å²) in [6.45, 7) is 2.79. The summed E-state index contributed by atoms with van der Waals surface area (Å²) in [5.41, 5.74) is 4.42. The lowest BCUT2D eigenvalue weighted by Crippen LogP contribution is -2.00. The minimum Gasteiger partial charge on any atom is -0.352 e. The minimum absolute atomic E-state index is 0.718. The van der Waals surface area contributed by atoms with E-state index < -0.39 is 0 Å². The van der Waals surface area contributed by atoms with Crippen LogP contribution >= 0.6 is 11.6 Å². The van der Waals surface area contributed by atoms with Crippen molar-refractivity contribution in [1.29, 1.82) is 0 Å². The highest BCUT2D eigenvalue weighted by atomic mass is 35.5. The van der Waals surface area contributed by atoms with Crippen LogP contribution in [0.25, 0.3) is 11.0 Å². The first-order valence-corrected chi connectivity index (χ1v) is 6.53. The molecule has 1 aromatic heterocycles. The molecule has 96 valence electrons. The molecular weight excluding hydrogens is 258 g/mol. The molecule has 0 aliphatic carbocycles. The molecule has 0 atom stereocenters. The number of benzene rings is 2. The third-order valence-electron chi connectivity index (χ3n) is 3.01. The number of aryl methyl sites for hydroxylation is 1. The van der Waals surface area contributed by atoms with E-state index in [-0.39, 0.29) is 0 Å². The Hall–Kier alpha value is -2.00. The number of fused-ring (bicyclic) bond motifs is 1. The Morgan fingerprint density at radius 3 is 2.74 bits per heavy atom. The van der Waals surface area contributed by atoms with Gasteiger partial charge in [0.15, 0.2) is 0 Å². The predicted octanol–water partition coefficient (Wildman–Crippen LogP) is 4.14. The average Bonchev–Trinajstić information content (AvgIpc) is 2.80. The molecule has 0 amide bonds. The van der Waals surface area contributed by atoms with Crippen molar-refractivity contribution in [2.24, 2.45) is 0 Å². The number of H-pyrrole nitrogens is 1. The van der Waals surface area contributed by atoms with E-state index in [0.717, 1.165) is 28.5 Å². The molecule has 0 aliphatic heterocycles. The van der Waals surface area contributed by atoms with E-state index in [1.165, 1.54) is 11.1 Å². The number of anilines is 1. The van der Waals surface area contributed by atoms with Crippen molar-refractivity contribution in [1.82, 2.24) is 9.97 Å². The van der Waals surface area contributed by atoms with Gasteiger partial charge in [0.05, 0.1) is 11.0 Å². The van der Waals surface area contributed by atoms with E-state index in [9.17, 15) is 0 Å². The molecule has 3 nitrogen and oxygen atoms in total. The molecule has 0 saturated heterocycles. The lowest BCUT2D eigenvalue weighted by molar-refractivity contribution is 1.10. The molecule has 0 unspecified atom stereocenters. The van der Waals surface area contributed by atoms with Crippen molar-refractivity contribution in [3.05, 3.63) is 58.6 Å². The number of hydrogen-bond acceptors (Lipinski definition) is 2. The second-order valence-electron chi connectivity index (χ2n) is 4.59. The topological polar surface area (TPSA) is 40.7 Å². The van der Waals surface area contributed by atoms with Crippen molar-refractivity contribution in [3.63, 3.8) is 0 Å². The Morgan fingerprint density at radius 1 is 1.16 bits per heavy atom. The monoisotopic (exact) mass is 271 g/mol. The van der Waals surface area contributed by atoms with Gasteiger partial charge in [0, 0.05) is 11.6 Å². The number of nitrogens with one attached hydrogen (secondary N) is 2. The lowest BCUT2D eigenvalue weighted by Gasteiger charge is -2.02. The number of hydrogen-bond donors (Lipinski definition) is 2. The van der Waals surface area contributed by atoms with Crippen molar-refractivity contribution < 1.29 is 0 Å². The van der Waals surface area contributed by atoms with Gasteiger partial charge in [0.1, 0.15) is 0 Å². The molecule has 2 N–H and O–H groups in total. The van der Waals surface area contributed by atoms with Crippen LogP contribution < -0.4 is 5.32 Å². The fourth-order valence-electron chi connectivity index (χ4n) is 2.00. The van der Waals surface area contributed by atoms with Crippen molar-refractivity contribution in [2.45, 2.75) is 13.5 Å². The fourth-order valence-corrected chi connectivity index (χ4v) is 2.12. The zero-order valence-corrected chi connectivity index (χ0v) is 11.3. The Morgan fingerprint density at radius 2 is 1.95 bits per heavy atom. The first-order chi connectivity index (χ1) is 9.20. The summed E-state index contributed by atoms with van der Waals surface area (Å²) in [6, 6.07) is 14.0. The maximum absolute atomic E-state index is 5.86. The largest absolute Gasteiger partial charge is 0.352 e. The number of nitrogens with zero attached hydrogens (tertiary/aromatic N) is 1. The van der Waals surface area contributed by atoms with Gasteiger partial charge in [-0.15, -0.1) is 0 Å². The first-order valence-electron chi connectivity index (χ1n) is 6.15. The molecule has 3 aromatic rings. The van der Waals surface area contributed by atoms with Gasteiger partial charge < -0.3 is 10.3 Å². The maximum atomic E-state index is 5.86. The molecule has 4 heteroatoms. The second kappa shape index (κ2) is 4.94. The predicted molar refractivity (Wildman–Crippen MR) is 79.6 cm³/mol. The number of aromatic nitrogens is 2. The number of imidazole rings is 1. The van der Waals surface area contributed by atoms with Crippen LogP contribution in [0.2, 0.25) is 5.02 Å². The molecule has 3 rings (SSSR count). The summed E-state index contributed by atoms with van der Waals surface area (Å²) in [4.78, 5) is 7.76. The van der Waals surface area contributed by atoms with E-state index in [4.69, 9.17) is 11.6 Å². The summed E-state index contributed by atoms with van der Waals surface area (Å²) >= 11 is 5.86. The van der Waals surface area contributed by atoms with Crippen LogP contribution in [0.4, 0.5) is 5.95 Å². The number of halogens is 1. The van der Waals surface area contributed by atoms with Gasteiger partial charge in [-0.2, -0.15) is 0 Å². The van der Waals surface area contributed by atoms with E-state index >= 15 is 0 Å². The van der Waals surface area contributed by atoms with Crippen LogP contribution in [0.1, 0.15) is 11.1 Å². The Kier molecular flexibility index (Phi) is 3.13. The van der Waals surface area contributed by atoms with Gasteiger partial charge in [0.2, 0.25) is 5.95 Å². The Balaban J connectivity index is 1.76. The molecule has 0 spiro atoms. The smallest absolute Gasteiger partial charge is 0.201 e. The number of aromatic amines is 1. The van der Waals surface area contributed by atoms with Gasteiger partial charge in [-0.1, -0.05) is 29.8 Å². The third-order valence-corrected chi connectivity index (χ3v) is 3.26. The van der Waals surface area contributed by atoms with Crippen LogP contribution in [0.5, 0.6) is 0 Å². The quantitative estimate of drug-likeness (QED) is 0.752. The molecular formula is C15H14ClN3. The summed E-state index contributed by atoms with van der Waals surface area (Å²) < 4.78 is 0. The van der Waals surface area contributed by atoms with Crippen LogP contribution in [-0.2, 0) is 6.54 Å². The highest BCUT2D eigenvalue weighted by Crippen LogP contribution is 2.16. The first kappa shape index (κ1) is 12.1. The average molecular weight is 272 g/mol. The SMILES string of the molecule is Cc1ccc2nc(NCc3ccc(Cl)cc3)[nH]c2c1. The molecule has 0 fully saturated rings. The minimum atomic E-state index is 0.718. The Bertz CT molecular complexity index is 701. The number of rotatable bonds is 3. The van der Waals surface area contributed by atoms with Gasteiger partial charge in [-0.05, 0) is 42.3 Å². The lowest BCUT2D eigenvalue weighted by atomic mass is 10.2. The van der Waals surface area contributed by atoms with Gasteiger partial charge in [0.25, 0.3) is 0 Å². The van der Waals surface area contributed by atoms with Gasteiger partial charge in [-0.3, -0.25) is 0 Å². The van der Waals surface area contributed by atoms with Crippen molar-refractivity contribution >= 4 is 28.6 Å². The highest BCUT2D eigenvalue weighted by Gasteiger charge is 2.02. The van der Waals surface area contributed by atoms with E-state index in [2.05, 4.69) is 34.3 Å². The molecule has 0 saturated carbocycles. The molecule has 1 heterocycles. The normalized spacial score (nSPS) is 10.8. The van der Waals surface area contributed by atoms with Crippen molar-refractivity contribution in [3.8, 4) is 0 Å². The van der Waals surface area contributed by atoms with E-state index in [1.807, 2.05) is 30.3 Å². The summed E-state index contributed by atoms with van der Waals surface area (Å²) in [5.74, 6) is 0.788. The van der Waals surface area contributed by atoms with Gasteiger partial charge >= 0.3 is 0 Å². The molecule has 0 bridgehead atoms. The second-order valence-corrected chi connectivity index (χ2v) is 5.02. The zero-order valence-electron chi connectivity index (χ0n) is 10.6. The summed E-state index contributed by atoms with van der Waals surface area (Å²) in [6.07, 6.45) is 0. The fraction of sp³-hybridized carbons (Fsp3) is 0.133. The van der Waals surface area contributed by atoms with Crippen LogP contribution in [0, 0.1) is 6.92 Å². The van der Waals surface area contributed by atoms with Gasteiger partial charge in [-0.25, -0.2) is 4.98 Å². The van der Waals surface area contributed by atoms with Crippen LogP contribution in [-0.4, -0.2) is 9.97 Å². The molecule has 0 aliphatic rings. The van der Waals surface area contributed by atoms with Crippen LogP contribution in [0.3, 0.4) is 0 Å². The van der Waals surface area contributed by atoms with E-state index in [1.54, 1.807) is 0 Å². The standard InChI is InChI=1S/C15H14ClN3/c1-10-2-7-13-14(8-10)19-15(18-13)17-9-11-3-5-12(16)6-4-11/h2-8H,9H2,1H3,(H2,17,18,19). The highest BCUT2D eigenvalue weighted by molar-refractivity contribution is 6.30. The maximum Gasteiger partial charge on any atom is 0.201 e. The van der Waals surface area contributed by atoms with Crippen LogP contribution in [0.15, 0.2) is 42.5 Å². The molecule has 0 radical (unpaired) electrons. The molecule has 2 aromatic carbocycles. The molecule has 19 heavy (non-hydrogen) atoms.